The van der Waals surface area contributed by atoms with Crippen molar-refractivity contribution in [1.82, 2.24) is 4.90 Å². The molecule has 1 aliphatic heterocycles. The molecular formula is C13H15FN2O. The Hall–Kier alpha value is -1.44. The minimum atomic E-state index is -0.843. The van der Waals surface area contributed by atoms with E-state index < -0.39 is 5.60 Å². The Morgan fingerprint density at radius 2 is 2.24 bits per heavy atom. The number of aliphatic hydroxyl groups is 1. The van der Waals surface area contributed by atoms with Crippen molar-refractivity contribution >= 4 is 0 Å². The molecule has 17 heavy (non-hydrogen) atoms. The lowest BCUT2D eigenvalue weighted by Gasteiger charge is -2.45. The molecule has 1 fully saturated rings. The number of nitrogens with zero attached hydrogens (tertiary/aromatic N) is 2. The van der Waals surface area contributed by atoms with Crippen LogP contribution in [0.5, 0.6) is 0 Å². The number of β-amino-alcohol motifs (C(OH)–C–C–N with tert-alkyl or cyclic N) is 1. The maximum Gasteiger partial charge on any atom is 0.126 e. The number of nitriles is 1. The van der Waals surface area contributed by atoms with E-state index in [0.717, 1.165) is 5.56 Å². The molecule has 1 aromatic rings. The monoisotopic (exact) mass is 234 g/mol. The Kier molecular flexibility index (Phi) is 3.14. The molecule has 1 aliphatic rings. The van der Waals surface area contributed by atoms with Gasteiger partial charge in [-0.2, -0.15) is 5.26 Å². The molecule has 0 spiro atoms. The first-order valence-electron chi connectivity index (χ1n) is 5.59. The number of halogens is 1. The third-order valence-corrected chi connectivity index (χ3v) is 3.07. The Labute approximate surface area is 100 Å². The second kappa shape index (κ2) is 4.44. The maximum absolute atomic E-state index is 13.1. The molecule has 1 N–H and O–H groups in total. The summed E-state index contributed by atoms with van der Waals surface area (Å²) in [6, 6.07) is 7.02. The lowest BCUT2D eigenvalue weighted by Crippen LogP contribution is -2.60. The van der Waals surface area contributed by atoms with Crippen LogP contribution in [0.1, 0.15) is 17.5 Å². The van der Waals surface area contributed by atoms with Crippen LogP contribution in [-0.2, 0) is 6.54 Å². The summed E-state index contributed by atoms with van der Waals surface area (Å²) >= 11 is 0. The lowest BCUT2D eigenvalue weighted by atomic mass is 9.90. The van der Waals surface area contributed by atoms with Crippen LogP contribution in [-0.4, -0.2) is 28.7 Å². The largest absolute Gasteiger partial charge is 0.386 e. The first kappa shape index (κ1) is 12.0. The normalized spacial score (nSPS) is 18.5. The molecule has 0 atom stereocenters. The van der Waals surface area contributed by atoms with E-state index >= 15 is 0 Å². The fraction of sp³-hybridized carbons (Fsp3) is 0.462. The fourth-order valence-corrected chi connectivity index (χ4v) is 2.22. The van der Waals surface area contributed by atoms with Crippen molar-refractivity contribution in [2.45, 2.75) is 25.5 Å². The van der Waals surface area contributed by atoms with Crippen LogP contribution in [0.2, 0.25) is 0 Å². The topological polar surface area (TPSA) is 47.3 Å². The van der Waals surface area contributed by atoms with Crippen molar-refractivity contribution in [1.29, 1.82) is 5.26 Å². The van der Waals surface area contributed by atoms with E-state index in [1.165, 1.54) is 6.07 Å². The van der Waals surface area contributed by atoms with E-state index in [0.29, 0.717) is 25.2 Å². The molecule has 0 amide bonds. The number of aryl methyl sites for hydroxylation is 1. The van der Waals surface area contributed by atoms with Crippen LogP contribution in [0.15, 0.2) is 18.2 Å². The first-order chi connectivity index (χ1) is 8.02. The zero-order valence-electron chi connectivity index (χ0n) is 9.78. The highest BCUT2D eigenvalue weighted by atomic mass is 19.1. The highest BCUT2D eigenvalue weighted by molar-refractivity contribution is 5.24. The molecule has 0 bridgehead atoms. The summed E-state index contributed by atoms with van der Waals surface area (Å²) in [4.78, 5) is 2.05. The summed E-state index contributed by atoms with van der Waals surface area (Å²) < 4.78 is 13.1. The Morgan fingerprint density at radius 3 is 2.82 bits per heavy atom. The van der Waals surface area contributed by atoms with Crippen LogP contribution >= 0.6 is 0 Å². The fourth-order valence-electron chi connectivity index (χ4n) is 2.22. The van der Waals surface area contributed by atoms with Crippen molar-refractivity contribution in [3.05, 3.63) is 35.1 Å². The Morgan fingerprint density at radius 1 is 1.53 bits per heavy atom. The van der Waals surface area contributed by atoms with Crippen molar-refractivity contribution in [2.75, 3.05) is 13.1 Å². The third kappa shape index (κ3) is 2.63. The molecule has 0 radical (unpaired) electrons. The highest BCUT2D eigenvalue weighted by Crippen LogP contribution is 2.26. The van der Waals surface area contributed by atoms with Gasteiger partial charge in [-0.3, -0.25) is 4.90 Å². The molecule has 1 saturated heterocycles. The molecule has 0 aliphatic carbocycles. The van der Waals surface area contributed by atoms with E-state index in [9.17, 15) is 9.50 Å². The molecule has 4 heteroatoms. The van der Waals surface area contributed by atoms with Gasteiger partial charge in [0.05, 0.1) is 12.5 Å². The van der Waals surface area contributed by atoms with E-state index in [1.54, 1.807) is 13.0 Å². The molecule has 2 rings (SSSR count). The van der Waals surface area contributed by atoms with Crippen molar-refractivity contribution < 1.29 is 9.50 Å². The maximum atomic E-state index is 13.1. The average Bonchev–Trinajstić information content (AvgIpc) is 2.22. The van der Waals surface area contributed by atoms with Crippen LogP contribution < -0.4 is 0 Å². The zero-order chi connectivity index (χ0) is 12.5. The number of hydrogen-bond donors (Lipinski definition) is 1. The van der Waals surface area contributed by atoms with Crippen LogP contribution in [0, 0.1) is 24.1 Å². The van der Waals surface area contributed by atoms with Gasteiger partial charge in [0, 0.05) is 19.6 Å². The predicted molar refractivity (Wildman–Crippen MR) is 61.6 cm³/mol. The summed E-state index contributed by atoms with van der Waals surface area (Å²) in [7, 11) is 0. The second-order valence-corrected chi connectivity index (χ2v) is 4.79. The second-order valence-electron chi connectivity index (χ2n) is 4.79. The van der Waals surface area contributed by atoms with Crippen molar-refractivity contribution in [3.8, 4) is 6.07 Å². The smallest absolute Gasteiger partial charge is 0.126 e. The molecule has 3 nitrogen and oxygen atoms in total. The first-order valence-corrected chi connectivity index (χ1v) is 5.59. The number of rotatable bonds is 3. The number of likely N-dealkylation sites (tertiary alicyclic amines) is 1. The highest BCUT2D eigenvalue weighted by Gasteiger charge is 2.40. The van der Waals surface area contributed by atoms with Gasteiger partial charge in [0.25, 0.3) is 0 Å². The quantitative estimate of drug-likeness (QED) is 0.864. The zero-order valence-corrected chi connectivity index (χ0v) is 9.78. The van der Waals surface area contributed by atoms with E-state index in [1.807, 2.05) is 17.0 Å². The standard InChI is InChI=1S/C13H15FN2O/c1-10-6-11(2-3-12(10)14)7-16-8-13(17,9-16)4-5-15/h2-3,6,17H,4,7-9H2,1H3. The molecule has 1 aromatic carbocycles. The van der Waals surface area contributed by atoms with Crippen LogP contribution in [0.4, 0.5) is 4.39 Å². The third-order valence-electron chi connectivity index (χ3n) is 3.07. The molecule has 0 saturated carbocycles. The summed E-state index contributed by atoms with van der Waals surface area (Å²) in [6.45, 7) is 3.45. The molecule has 0 aromatic heterocycles. The van der Waals surface area contributed by atoms with Gasteiger partial charge in [0.1, 0.15) is 11.4 Å². The van der Waals surface area contributed by atoms with Crippen molar-refractivity contribution in [2.24, 2.45) is 0 Å². The number of hydrogen-bond acceptors (Lipinski definition) is 3. The van der Waals surface area contributed by atoms with Crippen LogP contribution in [0.3, 0.4) is 0 Å². The lowest BCUT2D eigenvalue weighted by molar-refractivity contribution is -0.0974. The summed E-state index contributed by atoms with van der Waals surface area (Å²) in [5.74, 6) is -0.196. The minimum Gasteiger partial charge on any atom is -0.386 e. The van der Waals surface area contributed by atoms with Gasteiger partial charge in [0.2, 0.25) is 0 Å². The molecule has 1 heterocycles. The van der Waals surface area contributed by atoms with E-state index in [4.69, 9.17) is 5.26 Å². The Balaban J connectivity index is 1.92. The Bertz CT molecular complexity index is 461. The van der Waals surface area contributed by atoms with Gasteiger partial charge in [-0.1, -0.05) is 12.1 Å². The molecule has 90 valence electrons. The average molecular weight is 234 g/mol. The van der Waals surface area contributed by atoms with Gasteiger partial charge in [-0.05, 0) is 24.1 Å². The SMILES string of the molecule is Cc1cc(CN2CC(O)(CC#N)C2)ccc1F. The summed E-state index contributed by atoms with van der Waals surface area (Å²) in [6.07, 6.45) is 0.173. The van der Waals surface area contributed by atoms with Crippen LogP contribution in [0.25, 0.3) is 0 Å². The van der Waals surface area contributed by atoms with Crippen molar-refractivity contribution in [3.63, 3.8) is 0 Å². The van der Waals surface area contributed by atoms with Gasteiger partial charge < -0.3 is 5.11 Å². The minimum absolute atomic E-state index is 0.173. The summed E-state index contributed by atoms with van der Waals surface area (Å²) in [5, 5.41) is 18.4. The molecule has 0 unspecified atom stereocenters. The summed E-state index contributed by atoms with van der Waals surface area (Å²) in [5.41, 5.74) is 0.822. The predicted octanol–water partition coefficient (Wildman–Crippen LogP) is 1.59. The van der Waals surface area contributed by atoms with Gasteiger partial charge in [0.15, 0.2) is 0 Å². The molecular weight excluding hydrogens is 219 g/mol. The van der Waals surface area contributed by atoms with E-state index in [2.05, 4.69) is 0 Å². The van der Waals surface area contributed by atoms with Gasteiger partial charge in [-0.25, -0.2) is 4.39 Å². The van der Waals surface area contributed by atoms with E-state index in [-0.39, 0.29) is 12.2 Å². The van der Waals surface area contributed by atoms with Gasteiger partial charge in [-0.15, -0.1) is 0 Å². The van der Waals surface area contributed by atoms with Gasteiger partial charge >= 0.3 is 0 Å². The number of benzene rings is 1.